The van der Waals surface area contributed by atoms with E-state index in [9.17, 15) is 0 Å². The zero-order valence-corrected chi connectivity index (χ0v) is 10.9. The van der Waals surface area contributed by atoms with Crippen molar-refractivity contribution in [2.75, 3.05) is 12.3 Å². The summed E-state index contributed by atoms with van der Waals surface area (Å²) in [5.74, 6) is 1.36. The molecule has 1 aromatic heterocycles. The molecule has 2 rings (SSSR count). The van der Waals surface area contributed by atoms with Gasteiger partial charge in [0.05, 0.1) is 0 Å². The predicted molar refractivity (Wildman–Crippen MR) is 71.9 cm³/mol. The lowest BCUT2D eigenvalue weighted by atomic mass is 10.2. The van der Waals surface area contributed by atoms with Crippen LogP contribution in [0.2, 0.25) is 0 Å². The molecule has 1 aromatic rings. The standard InChI is InChI=1S/C13H22N2S/c1-2-7-15-8-3-5-12(15)10-14-11-13-6-4-9-16-13/h3,5,8,13-14H,2,4,6-7,9-11H2,1H3. The van der Waals surface area contributed by atoms with Crippen molar-refractivity contribution in [2.24, 2.45) is 0 Å². The summed E-state index contributed by atoms with van der Waals surface area (Å²) >= 11 is 2.12. The van der Waals surface area contributed by atoms with Crippen molar-refractivity contribution < 1.29 is 0 Å². The van der Waals surface area contributed by atoms with Crippen molar-refractivity contribution in [3.05, 3.63) is 24.0 Å². The van der Waals surface area contributed by atoms with Gasteiger partial charge in [0.15, 0.2) is 0 Å². The molecular weight excluding hydrogens is 216 g/mol. The summed E-state index contributed by atoms with van der Waals surface area (Å²) in [6.45, 7) is 5.56. The van der Waals surface area contributed by atoms with Crippen molar-refractivity contribution in [3.8, 4) is 0 Å². The van der Waals surface area contributed by atoms with Gasteiger partial charge >= 0.3 is 0 Å². The summed E-state index contributed by atoms with van der Waals surface area (Å²) in [4.78, 5) is 0. The van der Waals surface area contributed by atoms with E-state index in [2.05, 4.69) is 46.9 Å². The molecule has 0 radical (unpaired) electrons. The topological polar surface area (TPSA) is 17.0 Å². The maximum absolute atomic E-state index is 3.59. The minimum atomic E-state index is 0.856. The molecule has 1 saturated heterocycles. The Labute approximate surface area is 103 Å². The molecule has 1 fully saturated rings. The fourth-order valence-electron chi connectivity index (χ4n) is 2.24. The van der Waals surface area contributed by atoms with Gasteiger partial charge in [-0.2, -0.15) is 11.8 Å². The van der Waals surface area contributed by atoms with Crippen LogP contribution in [-0.4, -0.2) is 22.1 Å². The highest BCUT2D eigenvalue weighted by molar-refractivity contribution is 8.00. The van der Waals surface area contributed by atoms with E-state index >= 15 is 0 Å². The lowest BCUT2D eigenvalue weighted by Crippen LogP contribution is -2.23. The molecule has 0 aromatic carbocycles. The number of aromatic nitrogens is 1. The molecule has 0 saturated carbocycles. The number of thioether (sulfide) groups is 1. The fourth-order valence-corrected chi connectivity index (χ4v) is 3.47. The number of hydrogen-bond donors (Lipinski definition) is 1. The Kier molecular flexibility index (Phi) is 4.79. The molecular formula is C13H22N2S. The molecule has 1 unspecified atom stereocenters. The highest BCUT2D eigenvalue weighted by Gasteiger charge is 2.14. The van der Waals surface area contributed by atoms with E-state index < -0.39 is 0 Å². The SMILES string of the molecule is CCCn1cccc1CNCC1CCCS1. The van der Waals surface area contributed by atoms with Crippen molar-refractivity contribution >= 4 is 11.8 Å². The van der Waals surface area contributed by atoms with Gasteiger partial charge in [0, 0.05) is 36.8 Å². The Morgan fingerprint density at radius 3 is 3.25 bits per heavy atom. The fraction of sp³-hybridized carbons (Fsp3) is 0.692. The molecule has 0 bridgehead atoms. The summed E-state index contributed by atoms with van der Waals surface area (Å²) < 4.78 is 2.36. The monoisotopic (exact) mass is 238 g/mol. The number of hydrogen-bond acceptors (Lipinski definition) is 2. The van der Waals surface area contributed by atoms with Crippen LogP contribution in [-0.2, 0) is 13.1 Å². The van der Waals surface area contributed by atoms with Gasteiger partial charge in [0.25, 0.3) is 0 Å². The van der Waals surface area contributed by atoms with E-state index in [0.29, 0.717) is 0 Å². The first kappa shape index (κ1) is 12.1. The van der Waals surface area contributed by atoms with Gasteiger partial charge in [-0.3, -0.25) is 0 Å². The lowest BCUT2D eigenvalue weighted by Gasteiger charge is -2.12. The first-order valence-corrected chi connectivity index (χ1v) is 7.41. The van der Waals surface area contributed by atoms with E-state index in [1.165, 1.54) is 37.3 Å². The van der Waals surface area contributed by atoms with Crippen molar-refractivity contribution in [1.82, 2.24) is 9.88 Å². The van der Waals surface area contributed by atoms with Gasteiger partial charge in [0.2, 0.25) is 0 Å². The molecule has 0 spiro atoms. The molecule has 16 heavy (non-hydrogen) atoms. The Morgan fingerprint density at radius 1 is 1.56 bits per heavy atom. The van der Waals surface area contributed by atoms with Gasteiger partial charge in [-0.25, -0.2) is 0 Å². The Balaban J connectivity index is 1.73. The minimum absolute atomic E-state index is 0.856. The average Bonchev–Trinajstić information content (AvgIpc) is 2.91. The van der Waals surface area contributed by atoms with E-state index in [1.54, 1.807) is 0 Å². The Hall–Kier alpha value is -0.410. The summed E-state index contributed by atoms with van der Waals surface area (Å²) in [5.41, 5.74) is 1.42. The maximum Gasteiger partial charge on any atom is 0.0359 e. The number of nitrogens with zero attached hydrogens (tertiary/aromatic N) is 1. The molecule has 0 amide bonds. The van der Waals surface area contributed by atoms with Gasteiger partial charge in [-0.15, -0.1) is 0 Å². The third kappa shape index (κ3) is 3.29. The normalized spacial score (nSPS) is 20.4. The van der Waals surface area contributed by atoms with Crippen LogP contribution >= 0.6 is 11.8 Å². The lowest BCUT2D eigenvalue weighted by molar-refractivity contribution is 0.590. The number of aryl methyl sites for hydroxylation is 1. The number of rotatable bonds is 6. The van der Waals surface area contributed by atoms with Crippen LogP contribution in [0, 0.1) is 0 Å². The Morgan fingerprint density at radius 2 is 2.50 bits per heavy atom. The zero-order chi connectivity index (χ0) is 11.2. The van der Waals surface area contributed by atoms with Crippen LogP contribution in [0.3, 0.4) is 0 Å². The van der Waals surface area contributed by atoms with Crippen molar-refractivity contribution in [1.29, 1.82) is 0 Å². The van der Waals surface area contributed by atoms with E-state index in [4.69, 9.17) is 0 Å². The molecule has 1 atom stereocenters. The summed E-state index contributed by atoms with van der Waals surface area (Å²) in [6.07, 6.45) is 6.20. The van der Waals surface area contributed by atoms with Crippen LogP contribution in [0.15, 0.2) is 18.3 Å². The summed E-state index contributed by atoms with van der Waals surface area (Å²) in [7, 11) is 0. The molecule has 2 nitrogen and oxygen atoms in total. The first-order chi connectivity index (χ1) is 7.90. The van der Waals surface area contributed by atoms with Gasteiger partial charge in [-0.05, 0) is 37.1 Å². The molecule has 0 aliphatic carbocycles. The minimum Gasteiger partial charge on any atom is -0.350 e. The van der Waals surface area contributed by atoms with Crippen LogP contribution in [0.1, 0.15) is 31.9 Å². The molecule has 2 heterocycles. The molecule has 90 valence electrons. The quantitative estimate of drug-likeness (QED) is 0.821. The van der Waals surface area contributed by atoms with Gasteiger partial charge in [-0.1, -0.05) is 6.92 Å². The third-order valence-corrected chi connectivity index (χ3v) is 4.49. The van der Waals surface area contributed by atoms with Gasteiger partial charge < -0.3 is 9.88 Å². The van der Waals surface area contributed by atoms with Crippen LogP contribution < -0.4 is 5.32 Å². The molecule has 1 N–H and O–H groups in total. The highest BCUT2D eigenvalue weighted by atomic mass is 32.2. The van der Waals surface area contributed by atoms with Crippen molar-refractivity contribution in [2.45, 2.75) is 44.5 Å². The predicted octanol–water partition coefficient (Wildman–Crippen LogP) is 2.88. The maximum atomic E-state index is 3.59. The summed E-state index contributed by atoms with van der Waals surface area (Å²) in [5, 5.41) is 4.44. The second-order valence-corrected chi connectivity index (χ2v) is 5.87. The van der Waals surface area contributed by atoms with E-state index in [-0.39, 0.29) is 0 Å². The highest BCUT2D eigenvalue weighted by Crippen LogP contribution is 2.25. The van der Waals surface area contributed by atoms with Crippen molar-refractivity contribution in [3.63, 3.8) is 0 Å². The Bertz CT molecular complexity index is 303. The van der Waals surface area contributed by atoms with Crippen LogP contribution in [0.25, 0.3) is 0 Å². The second-order valence-electron chi connectivity index (χ2n) is 4.46. The van der Waals surface area contributed by atoms with Gasteiger partial charge in [0.1, 0.15) is 0 Å². The second kappa shape index (κ2) is 6.36. The molecule has 3 heteroatoms. The molecule has 1 aliphatic heterocycles. The molecule has 1 aliphatic rings. The van der Waals surface area contributed by atoms with Crippen LogP contribution in [0.5, 0.6) is 0 Å². The van der Waals surface area contributed by atoms with E-state index in [0.717, 1.165) is 18.3 Å². The van der Waals surface area contributed by atoms with E-state index in [1.807, 2.05) is 0 Å². The smallest absolute Gasteiger partial charge is 0.0359 e. The third-order valence-electron chi connectivity index (χ3n) is 3.09. The zero-order valence-electron chi connectivity index (χ0n) is 10.1. The average molecular weight is 238 g/mol. The first-order valence-electron chi connectivity index (χ1n) is 6.36. The largest absolute Gasteiger partial charge is 0.350 e. The van der Waals surface area contributed by atoms with Crippen LogP contribution in [0.4, 0.5) is 0 Å². The summed E-state index contributed by atoms with van der Waals surface area (Å²) in [6, 6.07) is 4.38. The number of nitrogens with one attached hydrogen (secondary N) is 1.